The van der Waals surface area contributed by atoms with Gasteiger partial charge in [-0.1, -0.05) is 34.8 Å². The summed E-state index contributed by atoms with van der Waals surface area (Å²) >= 11 is 16.3. The number of benzene rings is 2. The van der Waals surface area contributed by atoms with Gasteiger partial charge in [0.1, 0.15) is 22.7 Å². The first-order valence-corrected chi connectivity index (χ1v) is 26.3. The third-order valence-corrected chi connectivity index (χ3v) is 14.4. The molecule has 374 valence electrons. The Labute approximate surface area is 419 Å². The third kappa shape index (κ3) is 18.3. The SMILES string of the molecule is COC(=O)c1ccc(-c2nc(CS(=O)(=O)[C@@H]3CC[C@H](CC(=O)OC(C)(C)C)C3)c(C)o2)cc1.COC(=O)c1ccc(-c2nc(CS[C@@H]3CC[C@H](CC(=O)OC(C)(C)C)C3)c(C)o2)cc1.ClC(Cl)Cl. The molecule has 6 rings (SSSR count). The molecule has 14 nitrogen and oxygen atoms in total. The first-order valence-electron chi connectivity index (χ1n) is 22.2. The number of alkyl halides is 3. The summed E-state index contributed by atoms with van der Waals surface area (Å²) in [5.41, 5.74) is 2.68. The number of aryl methyl sites for hydroxylation is 2. The standard InChI is InChI=1S/C24H31NO7S.C24H31NO5S.CHCl3/c1-15-20(25-22(31-15)17-7-9-18(10-8-17)23(27)30-5)14-33(28,29)19-11-6-16(12-19)13-21(26)32-24(2,3)4;1-15-20(25-22(29-15)17-7-9-18(10-8-17)23(27)28-5)14-31-19-11-6-16(12-19)13-21(26)30-24(2,3)4;2-1(3)4/h7-10,16,19H,6,11-14H2,1-5H3;7-10,16,19H,6,11-14H2,1-5H3;1H/t2*16-,19+;/m00./s1. The van der Waals surface area contributed by atoms with Gasteiger partial charge in [0.15, 0.2) is 14.1 Å². The number of carbonyl (C=O) groups is 4. The van der Waals surface area contributed by atoms with Crippen LogP contribution in [0.2, 0.25) is 0 Å². The molecule has 2 saturated carbocycles. The zero-order chi connectivity index (χ0) is 50.6. The summed E-state index contributed by atoms with van der Waals surface area (Å²) in [6, 6.07) is 13.6. The zero-order valence-electron chi connectivity index (χ0n) is 40.3. The zero-order valence-corrected chi connectivity index (χ0v) is 44.2. The molecule has 2 aliphatic rings. The van der Waals surface area contributed by atoms with Gasteiger partial charge in [0, 0.05) is 35.0 Å². The lowest BCUT2D eigenvalue weighted by molar-refractivity contribution is -0.157. The largest absolute Gasteiger partial charge is 0.465 e. The van der Waals surface area contributed by atoms with Crippen LogP contribution in [0.4, 0.5) is 0 Å². The highest BCUT2D eigenvalue weighted by molar-refractivity contribution is 7.99. The number of oxazole rings is 2. The van der Waals surface area contributed by atoms with E-state index in [2.05, 4.69) is 14.7 Å². The normalized spacial score (nSPS) is 18.2. The highest BCUT2D eigenvalue weighted by atomic mass is 35.6. The van der Waals surface area contributed by atoms with Crippen LogP contribution >= 0.6 is 46.6 Å². The molecule has 19 heteroatoms. The molecule has 2 heterocycles. The maximum atomic E-state index is 13.1. The fraction of sp³-hybridized carbons (Fsp3) is 0.551. The minimum absolute atomic E-state index is 0.00178. The summed E-state index contributed by atoms with van der Waals surface area (Å²) in [6.45, 7) is 14.8. The lowest BCUT2D eigenvalue weighted by atomic mass is 10.0. The lowest BCUT2D eigenvalue weighted by Gasteiger charge is -2.20. The number of hydrogen-bond donors (Lipinski definition) is 0. The van der Waals surface area contributed by atoms with Crippen molar-refractivity contribution in [3.63, 3.8) is 0 Å². The molecule has 0 radical (unpaired) electrons. The van der Waals surface area contributed by atoms with Crippen LogP contribution in [0.15, 0.2) is 57.4 Å². The minimum atomic E-state index is -3.47. The first kappa shape index (κ1) is 56.5. The second-order valence-electron chi connectivity index (χ2n) is 18.7. The number of hydrogen-bond acceptors (Lipinski definition) is 15. The van der Waals surface area contributed by atoms with Crippen LogP contribution in [-0.2, 0) is 49.9 Å². The first-order chi connectivity index (χ1) is 31.7. The van der Waals surface area contributed by atoms with E-state index in [1.807, 2.05) is 72.4 Å². The molecule has 0 bridgehead atoms. The van der Waals surface area contributed by atoms with Crippen molar-refractivity contribution in [3.8, 4) is 22.9 Å². The van der Waals surface area contributed by atoms with Crippen molar-refractivity contribution >= 4 is 80.3 Å². The maximum absolute atomic E-state index is 13.1. The molecule has 0 unspecified atom stereocenters. The minimum Gasteiger partial charge on any atom is -0.465 e. The number of thioether (sulfide) groups is 1. The molecule has 0 aliphatic heterocycles. The van der Waals surface area contributed by atoms with E-state index in [9.17, 15) is 27.6 Å². The molecular weight excluding hydrogens is 979 g/mol. The van der Waals surface area contributed by atoms with Crippen LogP contribution in [0.25, 0.3) is 22.9 Å². The molecule has 0 spiro atoms. The summed E-state index contributed by atoms with van der Waals surface area (Å²) in [5.74, 6) is 1.85. The quantitative estimate of drug-likeness (QED) is 0.0657. The topological polar surface area (TPSA) is 191 Å². The molecule has 68 heavy (non-hydrogen) atoms. The fourth-order valence-electron chi connectivity index (χ4n) is 7.75. The van der Waals surface area contributed by atoms with Crippen LogP contribution in [-0.4, -0.2) is 82.5 Å². The average molecular weight is 1040 g/mol. The Morgan fingerprint density at radius 3 is 1.53 bits per heavy atom. The van der Waals surface area contributed by atoms with E-state index in [1.165, 1.54) is 14.2 Å². The molecule has 2 aromatic heterocycles. The Morgan fingerprint density at radius 2 is 1.09 bits per heavy atom. The van der Waals surface area contributed by atoms with E-state index in [1.54, 1.807) is 43.3 Å². The number of sulfone groups is 1. The molecule has 2 aliphatic carbocycles. The van der Waals surface area contributed by atoms with Crippen LogP contribution in [0.5, 0.6) is 0 Å². The fourth-order valence-corrected chi connectivity index (χ4v) is 11.1. The van der Waals surface area contributed by atoms with Crippen molar-refractivity contribution in [2.75, 3.05) is 14.2 Å². The summed E-state index contributed by atoms with van der Waals surface area (Å²) in [7, 11) is -0.793. The molecule has 0 saturated heterocycles. The number of halogens is 3. The Balaban J connectivity index is 0.000000275. The molecule has 4 aromatic rings. The number of carbonyl (C=O) groups excluding carboxylic acids is 4. The molecule has 2 fully saturated rings. The van der Waals surface area contributed by atoms with E-state index in [0.717, 1.165) is 42.0 Å². The van der Waals surface area contributed by atoms with Crippen molar-refractivity contribution < 1.29 is 55.4 Å². The predicted octanol–water partition coefficient (Wildman–Crippen LogP) is 11.8. The van der Waals surface area contributed by atoms with Gasteiger partial charge in [-0.05, 0) is 154 Å². The second-order valence-corrected chi connectivity index (χ2v) is 24.3. The summed E-state index contributed by atoms with van der Waals surface area (Å²) in [4.78, 5) is 56.4. The Bertz CT molecular complexity index is 2420. The Morgan fingerprint density at radius 1 is 0.676 bits per heavy atom. The van der Waals surface area contributed by atoms with Gasteiger partial charge in [0.2, 0.25) is 11.8 Å². The second kappa shape index (κ2) is 25.2. The molecular formula is C49H63Cl3N2O12S2. The van der Waals surface area contributed by atoms with E-state index < -0.39 is 36.6 Å². The number of ether oxygens (including phenoxy) is 4. The predicted molar refractivity (Wildman–Crippen MR) is 264 cm³/mol. The van der Waals surface area contributed by atoms with Crippen molar-refractivity contribution in [2.24, 2.45) is 11.8 Å². The van der Waals surface area contributed by atoms with E-state index >= 15 is 0 Å². The summed E-state index contributed by atoms with van der Waals surface area (Å²) < 4.78 is 57.2. The van der Waals surface area contributed by atoms with Gasteiger partial charge in [-0.3, -0.25) is 9.59 Å². The van der Waals surface area contributed by atoms with Crippen molar-refractivity contribution in [1.82, 2.24) is 9.97 Å². The summed E-state index contributed by atoms with van der Waals surface area (Å²) in [6.07, 6.45) is 5.58. The Kier molecular flexibility index (Phi) is 20.9. The summed E-state index contributed by atoms with van der Waals surface area (Å²) in [5, 5.41) is 0.00940. The van der Waals surface area contributed by atoms with Gasteiger partial charge in [-0.25, -0.2) is 28.0 Å². The molecule has 2 aromatic carbocycles. The van der Waals surface area contributed by atoms with E-state index in [4.69, 9.17) is 57.8 Å². The van der Waals surface area contributed by atoms with Crippen LogP contribution < -0.4 is 0 Å². The van der Waals surface area contributed by atoms with Crippen LogP contribution in [0.1, 0.15) is 137 Å². The van der Waals surface area contributed by atoms with Crippen LogP contribution in [0, 0.1) is 25.7 Å². The van der Waals surface area contributed by atoms with Gasteiger partial charge in [-0.2, -0.15) is 11.8 Å². The molecule has 0 N–H and O–H groups in total. The van der Waals surface area contributed by atoms with Gasteiger partial charge < -0.3 is 27.8 Å². The monoisotopic (exact) mass is 1040 g/mol. The maximum Gasteiger partial charge on any atom is 0.337 e. The van der Waals surface area contributed by atoms with Gasteiger partial charge in [0.05, 0.1) is 47.7 Å². The van der Waals surface area contributed by atoms with Crippen molar-refractivity contribution in [2.45, 2.75) is 144 Å². The van der Waals surface area contributed by atoms with Gasteiger partial charge in [0.25, 0.3) is 0 Å². The highest BCUT2D eigenvalue weighted by Crippen LogP contribution is 2.39. The van der Waals surface area contributed by atoms with Crippen LogP contribution in [0.3, 0.4) is 0 Å². The van der Waals surface area contributed by atoms with Gasteiger partial charge >= 0.3 is 23.9 Å². The van der Waals surface area contributed by atoms with Gasteiger partial charge in [-0.15, -0.1) is 0 Å². The lowest BCUT2D eigenvalue weighted by Crippen LogP contribution is -2.25. The number of methoxy groups -OCH3 is 2. The van der Waals surface area contributed by atoms with Crippen molar-refractivity contribution in [3.05, 3.63) is 82.6 Å². The third-order valence-electron chi connectivity index (χ3n) is 10.9. The number of aromatic nitrogens is 2. The van der Waals surface area contributed by atoms with E-state index in [-0.39, 0.29) is 36.0 Å². The molecule has 4 atom stereocenters. The highest BCUT2D eigenvalue weighted by Gasteiger charge is 2.37. The molecule has 0 amide bonds. The Hall–Kier alpha value is -4.09. The van der Waals surface area contributed by atoms with E-state index in [0.29, 0.717) is 76.8 Å². The van der Waals surface area contributed by atoms with Crippen molar-refractivity contribution in [1.29, 1.82) is 0 Å². The number of nitrogens with zero attached hydrogens (tertiary/aromatic N) is 2. The smallest absolute Gasteiger partial charge is 0.337 e. The number of rotatable bonds is 14. The average Bonchev–Trinajstić information content (AvgIpc) is 4.06. The number of esters is 4.